The van der Waals surface area contributed by atoms with Crippen LogP contribution in [-0.4, -0.2) is 25.9 Å². The van der Waals surface area contributed by atoms with E-state index >= 15 is 0 Å². The molecule has 0 unspecified atom stereocenters. The summed E-state index contributed by atoms with van der Waals surface area (Å²) in [5, 5.41) is 18.4. The molecule has 1 aromatic heterocycles. The first-order valence-corrected chi connectivity index (χ1v) is 6.29. The molecule has 0 saturated carbocycles. The van der Waals surface area contributed by atoms with E-state index in [-0.39, 0.29) is 0 Å². The molecule has 0 aliphatic heterocycles. The highest BCUT2D eigenvalue weighted by molar-refractivity contribution is 9.13. The molecule has 0 aliphatic carbocycles. The second-order valence-corrected chi connectivity index (χ2v) is 5.38. The third-order valence-corrected chi connectivity index (χ3v) is 4.51. The van der Waals surface area contributed by atoms with E-state index in [9.17, 15) is 9.90 Å². The van der Waals surface area contributed by atoms with E-state index in [1.807, 2.05) is 0 Å². The Balaban J connectivity index is 3.01. The number of rotatable bonds is 0. The van der Waals surface area contributed by atoms with Gasteiger partial charge in [0.1, 0.15) is 5.52 Å². The number of aromatic hydroxyl groups is 1. The quantitative estimate of drug-likeness (QED) is 0.646. The van der Waals surface area contributed by atoms with Crippen LogP contribution in [0.15, 0.2) is 19.5 Å². The van der Waals surface area contributed by atoms with Crippen LogP contribution in [-0.2, 0) is 0 Å². The van der Waals surface area contributed by atoms with Crippen LogP contribution >= 0.6 is 47.8 Å². The second-order valence-electron chi connectivity index (χ2n) is 2.88. The molecule has 1 heterocycles. The Labute approximate surface area is 114 Å². The summed E-state index contributed by atoms with van der Waals surface area (Å²) >= 11 is 9.77. The van der Waals surface area contributed by atoms with Crippen LogP contribution in [0.25, 0.3) is 11.0 Å². The van der Waals surface area contributed by atoms with Crippen molar-refractivity contribution in [3.8, 4) is 6.01 Å². The van der Waals surface area contributed by atoms with E-state index in [1.165, 1.54) is 0 Å². The van der Waals surface area contributed by atoms with Crippen LogP contribution in [0.4, 0.5) is 4.79 Å². The monoisotopic (exact) mass is 412 g/mol. The Morgan fingerprint density at radius 3 is 2.50 bits per heavy atom. The number of halogens is 3. The number of fused-ring (bicyclic) bond motifs is 1. The molecule has 0 amide bonds. The standard InChI is InChI=1S/C8H3Br3N2O3/c9-2-1-3(10)6-5(4(2)11)12-7(14)13(6)8(15)16/h1H,(H,12,14)(H,15,16). The summed E-state index contributed by atoms with van der Waals surface area (Å²) in [7, 11) is 0. The van der Waals surface area contributed by atoms with Crippen molar-refractivity contribution in [1.82, 2.24) is 9.55 Å². The fraction of sp³-hybridized carbons (Fsp3) is 0. The maximum Gasteiger partial charge on any atom is 0.420 e. The third-order valence-electron chi connectivity index (χ3n) is 1.95. The van der Waals surface area contributed by atoms with Crippen LogP contribution in [0.1, 0.15) is 0 Å². The summed E-state index contributed by atoms with van der Waals surface area (Å²) < 4.78 is 2.52. The number of hydrogen-bond donors (Lipinski definition) is 2. The summed E-state index contributed by atoms with van der Waals surface area (Å²) in [6, 6.07) is 1.11. The van der Waals surface area contributed by atoms with Crippen molar-refractivity contribution in [1.29, 1.82) is 0 Å². The minimum atomic E-state index is -1.30. The van der Waals surface area contributed by atoms with Gasteiger partial charge in [-0.1, -0.05) is 0 Å². The molecule has 1 aromatic carbocycles. The van der Waals surface area contributed by atoms with Crippen LogP contribution in [0.2, 0.25) is 0 Å². The van der Waals surface area contributed by atoms with Gasteiger partial charge in [-0.3, -0.25) is 0 Å². The zero-order valence-electron chi connectivity index (χ0n) is 7.41. The average Bonchev–Trinajstić information content (AvgIpc) is 2.52. The molecular formula is C8H3Br3N2O3. The Morgan fingerprint density at radius 1 is 1.31 bits per heavy atom. The highest BCUT2D eigenvalue weighted by Crippen LogP contribution is 2.37. The van der Waals surface area contributed by atoms with Gasteiger partial charge in [0, 0.05) is 8.95 Å². The Kier molecular flexibility index (Phi) is 2.97. The third kappa shape index (κ3) is 1.64. The zero-order chi connectivity index (χ0) is 12.0. The first kappa shape index (κ1) is 11.9. The van der Waals surface area contributed by atoms with E-state index < -0.39 is 12.1 Å². The Bertz CT molecular complexity index is 608. The average molecular weight is 415 g/mol. The SMILES string of the molecule is O=C(O)n1c(O)nc2c(Br)c(Br)cc(Br)c21. The molecule has 2 aromatic rings. The van der Waals surface area contributed by atoms with Crippen molar-refractivity contribution < 1.29 is 15.0 Å². The number of aromatic nitrogens is 2. The lowest BCUT2D eigenvalue weighted by molar-refractivity contribution is 0.194. The molecule has 5 nitrogen and oxygen atoms in total. The van der Waals surface area contributed by atoms with Crippen LogP contribution in [0, 0.1) is 0 Å². The van der Waals surface area contributed by atoms with Crippen molar-refractivity contribution in [2.45, 2.75) is 0 Å². The molecule has 0 atom stereocenters. The fourth-order valence-corrected chi connectivity index (χ4v) is 3.03. The summed E-state index contributed by atoms with van der Waals surface area (Å²) in [6.45, 7) is 0. The number of carboxylic acid groups (broad SMARTS) is 1. The molecule has 8 heteroatoms. The van der Waals surface area contributed by atoms with E-state index in [4.69, 9.17) is 5.11 Å². The van der Waals surface area contributed by atoms with Gasteiger partial charge in [-0.2, -0.15) is 9.55 Å². The lowest BCUT2D eigenvalue weighted by Crippen LogP contribution is -2.07. The molecule has 0 bridgehead atoms. The molecule has 16 heavy (non-hydrogen) atoms. The Morgan fingerprint density at radius 2 is 1.94 bits per heavy atom. The lowest BCUT2D eigenvalue weighted by atomic mass is 10.3. The molecule has 0 fully saturated rings. The first-order chi connectivity index (χ1) is 7.43. The maximum atomic E-state index is 11.0. The van der Waals surface area contributed by atoms with Gasteiger partial charge in [0.25, 0.3) is 0 Å². The van der Waals surface area contributed by atoms with Crippen molar-refractivity contribution >= 4 is 64.9 Å². The van der Waals surface area contributed by atoms with Crippen molar-refractivity contribution in [2.24, 2.45) is 0 Å². The summed E-state index contributed by atoms with van der Waals surface area (Å²) in [5.74, 6) is 0. The topological polar surface area (TPSA) is 75.3 Å². The zero-order valence-corrected chi connectivity index (χ0v) is 12.2. The Hall–Kier alpha value is -0.600. The van der Waals surface area contributed by atoms with Crippen molar-refractivity contribution in [3.05, 3.63) is 19.5 Å². The summed E-state index contributed by atoms with van der Waals surface area (Å²) in [4.78, 5) is 14.7. The molecule has 84 valence electrons. The van der Waals surface area contributed by atoms with Gasteiger partial charge in [0.2, 0.25) is 0 Å². The van der Waals surface area contributed by atoms with Crippen LogP contribution < -0.4 is 0 Å². The van der Waals surface area contributed by atoms with Crippen molar-refractivity contribution in [2.75, 3.05) is 0 Å². The van der Waals surface area contributed by atoms with Crippen molar-refractivity contribution in [3.63, 3.8) is 0 Å². The van der Waals surface area contributed by atoms with Gasteiger partial charge in [0.15, 0.2) is 0 Å². The molecule has 2 N–H and O–H groups in total. The smallest absolute Gasteiger partial charge is 0.420 e. The fourth-order valence-electron chi connectivity index (χ4n) is 1.32. The molecule has 0 aliphatic rings. The number of imidazole rings is 1. The number of benzene rings is 1. The predicted octanol–water partition coefficient (Wildman–Crippen LogP) is 3.56. The molecular weight excluding hydrogens is 412 g/mol. The molecule has 2 rings (SSSR count). The highest BCUT2D eigenvalue weighted by atomic mass is 79.9. The van der Waals surface area contributed by atoms with Gasteiger partial charge < -0.3 is 10.2 Å². The molecule has 0 saturated heterocycles. The predicted molar refractivity (Wildman–Crippen MR) is 67.9 cm³/mol. The summed E-state index contributed by atoms with van der Waals surface area (Å²) in [5.41, 5.74) is 0.654. The van der Waals surface area contributed by atoms with Crippen LogP contribution in [0.3, 0.4) is 0 Å². The van der Waals surface area contributed by atoms with E-state index in [0.29, 0.717) is 29.0 Å². The van der Waals surface area contributed by atoms with Gasteiger partial charge >= 0.3 is 12.1 Å². The lowest BCUT2D eigenvalue weighted by Gasteiger charge is -2.02. The van der Waals surface area contributed by atoms with E-state index in [1.54, 1.807) is 6.07 Å². The minimum absolute atomic E-state index is 0.292. The normalized spacial score (nSPS) is 10.9. The highest BCUT2D eigenvalue weighted by Gasteiger charge is 2.20. The van der Waals surface area contributed by atoms with Gasteiger partial charge in [-0.05, 0) is 53.9 Å². The van der Waals surface area contributed by atoms with Gasteiger partial charge in [-0.15, -0.1) is 0 Å². The second kappa shape index (κ2) is 4.01. The van der Waals surface area contributed by atoms with Crippen LogP contribution in [0.5, 0.6) is 6.01 Å². The van der Waals surface area contributed by atoms with Gasteiger partial charge in [0.05, 0.1) is 9.99 Å². The van der Waals surface area contributed by atoms with E-state index in [0.717, 1.165) is 0 Å². The van der Waals surface area contributed by atoms with Gasteiger partial charge in [-0.25, -0.2) is 4.79 Å². The minimum Gasteiger partial charge on any atom is -0.480 e. The molecule has 0 radical (unpaired) electrons. The number of carbonyl (C=O) groups is 1. The number of nitrogens with zero attached hydrogens (tertiary/aromatic N) is 2. The summed E-state index contributed by atoms with van der Waals surface area (Å²) in [6.07, 6.45) is -1.30. The number of hydrogen-bond acceptors (Lipinski definition) is 3. The largest absolute Gasteiger partial charge is 0.480 e. The first-order valence-electron chi connectivity index (χ1n) is 3.91. The van der Waals surface area contributed by atoms with E-state index in [2.05, 4.69) is 52.8 Å². The molecule has 0 spiro atoms. The maximum absolute atomic E-state index is 11.0.